The van der Waals surface area contributed by atoms with Gasteiger partial charge in [0.15, 0.2) is 0 Å². The molecule has 122 valence electrons. The summed E-state index contributed by atoms with van der Waals surface area (Å²) in [6, 6.07) is 3.70. The van der Waals surface area contributed by atoms with E-state index in [1.54, 1.807) is 11.1 Å². The maximum absolute atomic E-state index is 12.2. The van der Waals surface area contributed by atoms with Crippen LogP contribution in [-0.2, 0) is 10.3 Å². The first-order valence-electron chi connectivity index (χ1n) is 7.52. The van der Waals surface area contributed by atoms with Gasteiger partial charge in [-0.25, -0.2) is 9.78 Å². The van der Waals surface area contributed by atoms with Gasteiger partial charge in [-0.2, -0.15) is 0 Å². The molecule has 1 aromatic heterocycles. The quantitative estimate of drug-likeness (QED) is 0.768. The standard InChI is InChI=1S/C16H23BrN2O3/c1-15(2,3)22-14(20)19-9-4-7-16(21,8-10-19)12-5-6-13(17)18-11-12/h5-6,11,21H,4,7-10H2,1-3H3. The topological polar surface area (TPSA) is 62.7 Å². The number of rotatable bonds is 1. The third kappa shape index (κ3) is 4.43. The molecule has 0 spiro atoms. The van der Waals surface area contributed by atoms with Crippen molar-refractivity contribution in [3.63, 3.8) is 0 Å². The number of hydrogen-bond donors (Lipinski definition) is 1. The number of halogens is 1. The number of ether oxygens (including phenoxy) is 1. The van der Waals surface area contributed by atoms with Crippen LogP contribution in [0.5, 0.6) is 0 Å². The molecule has 1 N–H and O–H groups in total. The molecule has 6 heteroatoms. The van der Waals surface area contributed by atoms with Crippen LogP contribution in [0.1, 0.15) is 45.6 Å². The molecule has 22 heavy (non-hydrogen) atoms. The monoisotopic (exact) mass is 370 g/mol. The van der Waals surface area contributed by atoms with Gasteiger partial charge < -0.3 is 14.7 Å². The summed E-state index contributed by atoms with van der Waals surface area (Å²) in [6.07, 6.45) is 3.19. The van der Waals surface area contributed by atoms with Crippen molar-refractivity contribution in [1.29, 1.82) is 0 Å². The van der Waals surface area contributed by atoms with Crippen LogP contribution in [-0.4, -0.2) is 39.8 Å². The van der Waals surface area contributed by atoms with E-state index >= 15 is 0 Å². The number of aliphatic hydroxyl groups is 1. The van der Waals surface area contributed by atoms with Crippen molar-refractivity contribution in [2.45, 2.75) is 51.2 Å². The highest BCUT2D eigenvalue weighted by atomic mass is 79.9. The first-order chi connectivity index (χ1) is 10.2. The second-order valence-corrected chi connectivity index (χ2v) is 7.53. The highest BCUT2D eigenvalue weighted by Crippen LogP contribution is 2.33. The van der Waals surface area contributed by atoms with Gasteiger partial charge in [-0.1, -0.05) is 6.07 Å². The van der Waals surface area contributed by atoms with Crippen LogP contribution < -0.4 is 0 Å². The lowest BCUT2D eigenvalue weighted by Gasteiger charge is -2.28. The van der Waals surface area contributed by atoms with E-state index in [-0.39, 0.29) is 6.09 Å². The Morgan fingerprint density at radius 1 is 1.36 bits per heavy atom. The van der Waals surface area contributed by atoms with Crippen LogP contribution in [0.4, 0.5) is 4.79 Å². The van der Waals surface area contributed by atoms with Crippen LogP contribution in [0, 0.1) is 0 Å². The molecule has 1 aromatic rings. The Morgan fingerprint density at radius 2 is 2.09 bits per heavy atom. The highest BCUT2D eigenvalue weighted by Gasteiger charge is 2.34. The maximum Gasteiger partial charge on any atom is 0.410 e. The lowest BCUT2D eigenvalue weighted by Crippen LogP contribution is -2.38. The third-order valence-corrected chi connectivity index (χ3v) is 4.20. The molecule has 1 aliphatic rings. The highest BCUT2D eigenvalue weighted by molar-refractivity contribution is 9.10. The predicted molar refractivity (Wildman–Crippen MR) is 87.5 cm³/mol. The second-order valence-electron chi connectivity index (χ2n) is 6.72. The first-order valence-corrected chi connectivity index (χ1v) is 8.31. The van der Waals surface area contributed by atoms with E-state index in [0.717, 1.165) is 16.6 Å². The Labute approximate surface area is 139 Å². The molecule has 1 aliphatic heterocycles. The Kier molecular flexibility index (Phi) is 5.12. The average Bonchev–Trinajstić information content (AvgIpc) is 2.60. The zero-order valence-corrected chi connectivity index (χ0v) is 14.9. The van der Waals surface area contributed by atoms with Gasteiger partial charge in [0.25, 0.3) is 0 Å². The van der Waals surface area contributed by atoms with Crippen molar-refractivity contribution >= 4 is 22.0 Å². The minimum Gasteiger partial charge on any atom is -0.444 e. The second kappa shape index (κ2) is 6.54. The Balaban J connectivity index is 2.05. The van der Waals surface area contributed by atoms with Crippen molar-refractivity contribution in [2.75, 3.05) is 13.1 Å². The summed E-state index contributed by atoms with van der Waals surface area (Å²) in [5.41, 5.74) is -0.651. The average molecular weight is 371 g/mol. The zero-order valence-electron chi connectivity index (χ0n) is 13.3. The van der Waals surface area contributed by atoms with E-state index < -0.39 is 11.2 Å². The lowest BCUT2D eigenvalue weighted by atomic mass is 9.88. The van der Waals surface area contributed by atoms with Gasteiger partial charge in [-0.3, -0.25) is 0 Å². The number of pyridine rings is 1. The molecule has 2 rings (SSSR count). The van der Waals surface area contributed by atoms with Crippen LogP contribution in [0.25, 0.3) is 0 Å². The van der Waals surface area contributed by atoms with Crippen LogP contribution in [0.15, 0.2) is 22.9 Å². The zero-order chi connectivity index (χ0) is 16.4. The molecule has 1 unspecified atom stereocenters. The molecule has 5 nitrogen and oxygen atoms in total. The Morgan fingerprint density at radius 3 is 2.68 bits per heavy atom. The van der Waals surface area contributed by atoms with Crippen molar-refractivity contribution < 1.29 is 14.6 Å². The molecule has 0 radical (unpaired) electrons. The molecule has 0 aromatic carbocycles. The van der Waals surface area contributed by atoms with E-state index in [0.29, 0.717) is 25.9 Å². The maximum atomic E-state index is 12.2. The van der Waals surface area contributed by atoms with Crippen LogP contribution >= 0.6 is 15.9 Å². The molecule has 2 heterocycles. The molecule has 1 fully saturated rings. The first kappa shape index (κ1) is 17.2. The van der Waals surface area contributed by atoms with E-state index in [1.807, 2.05) is 32.9 Å². The van der Waals surface area contributed by atoms with Gasteiger partial charge in [0.05, 0.1) is 5.60 Å². The van der Waals surface area contributed by atoms with Gasteiger partial charge >= 0.3 is 6.09 Å². The molecule has 1 saturated heterocycles. The largest absolute Gasteiger partial charge is 0.444 e. The number of amides is 1. The SMILES string of the molecule is CC(C)(C)OC(=O)N1CCCC(O)(c2ccc(Br)nc2)CC1. The molecule has 0 aliphatic carbocycles. The molecule has 0 saturated carbocycles. The van der Waals surface area contributed by atoms with Gasteiger partial charge in [0.1, 0.15) is 10.2 Å². The number of likely N-dealkylation sites (tertiary alicyclic amines) is 1. The van der Waals surface area contributed by atoms with E-state index in [1.165, 1.54) is 0 Å². The Bertz CT molecular complexity index is 527. The molecular formula is C16H23BrN2O3. The van der Waals surface area contributed by atoms with Gasteiger partial charge in [-0.15, -0.1) is 0 Å². The van der Waals surface area contributed by atoms with Crippen molar-refractivity contribution in [1.82, 2.24) is 9.88 Å². The lowest BCUT2D eigenvalue weighted by molar-refractivity contribution is 0.0127. The van der Waals surface area contributed by atoms with E-state index in [2.05, 4.69) is 20.9 Å². The number of nitrogens with zero attached hydrogens (tertiary/aromatic N) is 2. The van der Waals surface area contributed by atoms with Crippen molar-refractivity contribution in [2.24, 2.45) is 0 Å². The van der Waals surface area contributed by atoms with Crippen LogP contribution in [0.3, 0.4) is 0 Å². The smallest absolute Gasteiger partial charge is 0.410 e. The fraction of sp³-hybridized carbons (Fsp3) is 0.625. The summed E-state index contributed by atoms with van der Waals surface area (Å²) in [4.78, 5) is 18.0. The summed E-state index contributed by atoms with van der Waals surface area (Å²) in [5, 5.41) is 10.9. The summed E-state index contributed by atoms with van der Waals surface area (Å²) >= 11 is 3.30. The Hall–Kier alpha value is -1.14. The number of hydrogen-bond acceptors (Lipinski definition) is 4. The predicted octanol–water partition coefficient (Wildman–Crippen LogP) is 3.45. The van der Waals surface area contributed by atoms with E-state index in [4.69, 9.17) is 4.74 Å². The van der Waals surface area contributed by atoms with Gasteiger partial charge in [0.2, 0.25) is 0 Å². The summed E-state index contributed by atoms with van der Waals surface area (Å²) in [6.45, 7) is 6.63. The van der Waals surface area contributed by atoms with Gasteiger partial charge in [0, 0.05) is 24.8 Å². The normalized spacial score (nSPS) is 23.0. The molecule has 1 amide bonds. The molecule has 0 bridgehead atoms. The fourth-order valence-electron chi connectivity index (χ4n) is 2.57. The fourth-order valence-corrected chi connectivity index (χ4v) is 2.80. The van der Waals surface area contributed by atoms with Crippen molar-refractivity contribution in [3.8, 4) is 0 Å². The third-order valence-electron chi connectivity index (χ3n) is 3.73. The minimum absolute atomic E-state index is 0.314. The molecule has 1 atom stereocenters. The minimum atomic E-state index is -0.940. The number of carbonyl (C=O) groups is 1. The summed E-state index contributed by atoms with van der Waals surface area (Å²) in [7, 11) is 0. The van der Waals surface area contributed by atoms with Gasteiger partial charge in [-0.05, 0) is 62.0 Å². The summed E-state index contributed by atoms with van der Waals surface area (Å²) < 4.78 is 6.15. The van der Waals surface area contributed by atoms with Crippen molar-refractivity contribution in [3.05, 3.63) is 28.5 Å². The van der Waals surface area contributed by atoms with E-state index in [9.17, 15) is 9.90 Å². The number of carbonyl (C=O) groups excluding carboxylic acids is 1. The van der Waals surface area contributed by atoms with Crippen LogP contribution in [0.2, 0.25) is 0 Å². The molecular weight excluding hydrogens is 348 g/mol. The summed E-state index contributed by atoms with van der Waals surface area (Å²) in [5.74, 6) is 0. The number of aromatic nitrogens is 1.